The smallest absolute Gasteiger partial charge is 0.253 e. The molecule has 1 aromatic rings. The molecule has 120 valence electrons. The van der Waals surface area contributed by atoms with E-state index in [4.69, 9.17) is 14.2 Å². The number of hydrogen-bond donors (Lipinski definition) is 0. The number of methoxy groups -OCH3 is 1. The van der Waals surface area contributed by atoms with E-state index in [2.05, 4.69) is 0 Å². The highest BCUT2D eigenvalue weighted by Crippen LogP contribution is 2.26. The van der Waals surface area contributed by atoms with Gasteiger partial charge in [0.2, 0.25) is 0 Å². The molecule has 5 nitrogen and oxygen atoms in total. The van der Waals surface area contributed by atoms with Crippen molar-refractivity contribution in [1.82, 2.24) is 4.90 Å². The molecule has 3 rings (SSSR count). The minimum absolute atomic E-state index is 0.0839. The SMILES string of the molecule is COCc1cccc(C(=O)N2CCCC(C3OCCO3)C2)c1. The highest BCUT2D eigenvalue weighted by molar-refractivity contribution is 5.94. The molecular formula is C17H23NO4. The zero-order valence-electron chi connectivity index (χ0n) is 13.0. The number of hydrogen-bond acceptors (Lipinski definition) is 4. The number of nitrogens with zero attached hydrogens (tertiary/aromatic N) is 1. The zero-order chi connectivity index (χ0) is 15.4. The summed E-state index contributed by atoms with van der Waals surface area (Å²) in [6, 6.07) is 7.66. The van der Waals surface area contributed by atoms with Gasteiger partial charge < -0.3 is 19.1 Å². The van der Waals surface area contributed by atoms with Crippen LogP contribution in [0.15, 0.2) is 24.3 Å². The molecule has 2 heterocycles. The van der Waals surface area contributed by atoms with Gasteiger partial charge in [0.25, 0.3) is 5.91 Å². The van der Waals surface area contributed by atoms with Crippen LogP contribution >= 0.6 is 0 Å². The molecule has 0 radical (unpaired) electrons. The van der Waals surface area contributed by atoms with Gasteiger partial charge in [-0.2, -0.15) is 0 Å². The Labute approximate surface area is 131 Å². The molecule has 0 saturated carbocycles. The Morgan fingerprint density at radius 2 is 2.18 bits per heavy atom. The van der Waals surface area contributed by atoms with Gasteiger partial charge in [0.15, 0.2) is 6.29 Å². The Morgan fingerprint density at radius 1 is 1.36 bits per heavy atom. The Kier molecular flexibility index (Phi) is 5.08. The number of ether oxygens (including phenoxy) is 3. The quantitative estimate of drug-likeness (QED) is 0.854. The van der Waals surface area contributed by atoms with Crippen LogP contribution in [0.2, 0.25) is 0 Å². The molecule has 0 N–H and O–H groups in total. The first-order valence-electron chi connectivity index (χ1n) is 7.88. The summed E-state index contributed by atoms with van der Waals surface area (Å²) in [5.41, 5.74) is 1.74. The number of carbonyl (C=O) groups excluding carboxylic acids is 1. The molecule has 0 aliphatic carbocycles. The van der Waals surface area contributed by atoms with Crippen LogP contribution in [0.3, 0.4) is 0 Å². The van der Waals surface area contributed by atoms with Gasteiger partial charge in [0, 0.05) is 31.7 Å². The second-order valence-corrected chi connectivity index (χ2v) is 5.90. The second-order valence-electron chi connectivity index (χ2n) is 5.90. The van der Waals surface area contributed by atoms with Crippen LogP contribution in [0.5, 0.6) is 0 Å². The molecule has 1 unspecified atom stereocenters. The normalized spacial score (nSPS) is 23.0. The Morgan fingerprint density at radius 3 is 2.95 bits per heavy atom. The number of benzene rings is 1. The number of piperidine rings is 1. The topological polar surface area (TPSA) is 48.0 Å². The van der Waals surface area contributed by atoms with Gasteiger partial charge in [-0.05, 0) is 30.5 Å². The second kappa shape index (κ2) is 7.22. The third kappa shape index (κ3) is 3.48. The summed E-state index contributed by atoms with van der Waals surface area (Å²) >= 11 is 0. The zero-order valence-corrected chi connectivity index (χ0v) is 13.0. The highest BCUT2D eigenvalue weighted by Gasteiger charge is 2.33. The van der Waals surface area contributed by atoms with Gasteiger partial charge in [-0.3, -0.25) is 4.79 Å². The minimum Gasteiger partial charge on any atom is -0.380 e. The van der Waals surface area contributed by atoms with Crippen molar-refractivity contribution < 1.29 is 19.0 Å². The maximum absolute atomic E-state index is 12.7. The van der Waals surface area contributed by atoms with Crippen molar-refractivity contribution in [2.24, 2.45) is 5.92 Å². The van der Waals surface area contributed by atoms with E-state index < -0.39 is 0 Å². The molecule has 1 atom stereocenters. The van der Waals surface area contributed by atoms with Crippen LogP contribution < -0.4 is 0 Å². The number of amides is 1. The minimum atomic E-state index is -0.143. The standard InChI is InChI=1S/C17H23NO4/c1-20-12-13-4-2-5-14(10-13)16(19)18-7-3-6-15(11-18)17-21-8-9-22-17/h2,4-5,10,15,17H,3,6-9,11-12H2,1H3. The molecule has 0 aromatic heterocycles. The summed E-state index contributed by atoms with van der Waals surface area (Å²) in [4.78, 5) is 14.6. The van der Waals surface area contributed by atoms with E-state index in [0.717, 1.165) is 30.5 Å². The van der Waals surface area contributed by atoms with E-state index >= 15 is 0 Å². The largest absolute Gasteiger partial charge is 0.380 e. The Hall–Kier alpha value is -1.43. The lowest BCUT2D eigenvalue weighted by atomic mass is 9.96. The van der Waals surface area contributed by atoms with Gasteiger partial charge in [0.1, 0.15) is 0 Å². The molecule has 2 saturated heterocycles. The number of rotatable bonds is 4. The van der Waals surface area contributed by atoms with Crippen molar-refractivity contribution in [3.8, 4) is 0 Å². The van der Waals surface area contributed by atoms with Crippen molar-refractivity contribution in [3.05, 3.63) is 35.4 Å². The third-order valence-electron chi connectivity index (χ3n) is 4.26. The van der Waals surface area contributed by atoms with Crippen LogP contribution in [0, 0.1) is 5.92 Å². The van der Waals surface area contributed by atoms with Crippen molar-refractivity contribution in [1.29, 1.82) is 0 Å². The molecule has 2 aliphatic heterocycles. The molecule has 22 heavy (non-hydrogen) atoms. The van der Waals surface area contributed by atoms with Gasteiger partial charge in [-0.15, -0.1) is 0 Å². The van der Waals surface area contributed by atoms with Crippen LogP contribution in [0.25, 0.3) is 0 Å². The monoisotopic (exact) mass is 305 g/mol. The maximum atomic E-state index is 12.7. The summed E-state index contributed by atoms with van der Waals surface area (Å²) in [6.07, 6.45) is 1.91. The van der Waals surface area contributed by atoms with Gasteiger partial charge >= 0.3 is 0 Å². The predicted octanol–water partition coefficient (Wildman–Crippen LogP) is 2.06. The first kappa shape index (κ1) is 15.5. The lowest BCUT2D eigenvalue weighted by molar-refractivity contribution is -0.0969. The first-order chi connectivity index (χ1) is 10.8. The maximum Gasteiger partial charge on any atom is 0.253 e. The number of likely N-dealkylation sites (tertiary alicyclic amines) is 1. The van der Waals surface area contributed by atoms with Crippen molar-refractivity contribution >= 4 is 5.91 Å². The van der Waals surface area contributed by atoms with Gasteiger partial charge in [-0.1, -0.05) is 12.1 Å². The fraction of sp³-hybridized carbons (Fsp3) is 0.588. The Bertz CT molecular complexity index is 513. The van der Waals surface area contributed by atoms with Gasteiger partial charge in [0.05, 0.1) is 19.8 Å². The van der Waals surface area contributed by atoms with Crippen LogP contribution in [-0.2, 0) is 20.8 Å². The fourth-order valence-corrected chi connectivity index (χ4v) is 3.21. The molecule has 2 aliphatic rings. The van der Waals surface area contributed by atoms with Crippen molar-refractivity contribution in [2.45, 2.75) is 25.7 Å². The van der Waals surface area contributed by atoms with Gasteiger partial charge in [-0.25, -0.2) is 0 Å². The van der Waals surface area contributed by atoms with Crippen molar-refractivity contribution in [3.63, 3.8) is 0 Å². The summed E-state index contributed by atoms with van der Waals surface area (Å²) in [6.45, 7) is 3.35. The lowest BCUT2D eigenvalue weighted by Gasteiger charge is -2.34. The Balaban J connectivity index is 1.67. The average molecular weight is 305 g/mol. The molecule has 2 fully saturated rings. The molecule has 1 amide bonds. The van der Waals surface area contributed by atoms with Crippen LogP contribution in [0.4, 0.5) is 0 Å². The molecular weight excluding hydrogens is 282 g/mol. The molecule has 0 spiro atoms. The van der Waals surface area contributed by atoms with E-state index in [9.17, 15) is 4.79 Å². The van der Waals surface area contributed by atoms with E-state index in [1.54, 1.807) is 7.11 Å². The summed E-state index contributed by atoms with van der Waals surface area (Å²) < 4.78 is 16.3. The summed E-state index contributed by atoms with van der Waals surface area (Å²) in [7, 11) is 1.66. The predicted molar refractivity (Wildman–Crippen MR) is 81.5 cm³/mol. The first-order valence-corrected chi connectivity index (χ1v) is 7.88. The lowest BCUT2D eigenvalue weighted by Crippen LogP contribution is -2.43. The number of carbonyl (C=O) groups is 1. The summed E-state index contributed by atoms with van der Waals surface area (Å²) in [5, 5.41) is 0. The highest BCUT2D eigenvalue weighted by atomic mass is 16.7. The van der Waals surface area contributed by atoms with E-state index in [-0.39, 0.29) is 18.1 Å². The molecule has 0 bridgehead atoms. The van der Waals surface area contributed by atoms with E-state index in [1.165, 1.54) is 0 Å². The van der Waals surface area contributed by atoms with Crippen LogP contribution in [0.1, 0.15) is 28.8 Å². The van der Waals surface area contributed by atoms with Crippen molar-refractivity contribution in [2.75, 3.05) is 33.4 Å². The fourth-order valence-electron chi connectivity index (χ4n) is 3.21. The van der Waals surface area contributed by atoms with E-state index in [0.29, 0.717) is 26.4 Å². The third-order valence-corrected chi connectivity index (χ3v) is 4.26. The average Bonchev–Trinajstić information content (AvgIpc) is 3.09. The van der Waals surface area contributed by atoms with E-state index in [1.807, 2.05) is 29.2 Å². The summed E-state index contributed by atoms with van der Waals surface area (Å²) in [5.74, 6) is 0.364. The molecule has 1 aromatic carbocycles. The molecule has 5 heteroatoms. The van der Waals surface area contributed by atoms with Crippen LogP contribution in [-0.4, -0.2) is 50.5 Å².